The minimum atomic E-state index is -0.381. The van der Waals surface area contributed by atoms with Crippen LogP contribution in [0, 0.1) is 5.41 Å². The van der Waals surface area contributed by atoms with Crippen molar-refractivity contribution in [1.82, 2.24) is 0 Å². The van der Waals surface area contributed by atoms with Gasteiger partial charge in [0.2, 0.25) is 0 Å². The van der Waals surface area contributed by atoms with E-state index in [1.54, 1.807) is 0 Å². The van der Waals surface area contributed by atoms with Crippen LogP contribution in [0.2, 0.25) is 0 Å². The summed E-state index contributed by atoms with van der Waals surface area (Å²) in [7, 11) is 0. The molecular formula is C10H20O. The molecule has 1 rings (SSSR count). The lowest BCUT2D eigenvalue weighted by Crippen LogP contribution is -2.22. The van der Waals surface area contributed by atoms with Gasteiger partial charge in [-0.2, -0.15) is 0 Å². The standard InChI is InChI=1S/C10H20O/c1-9(2)5-4-6-10(3,11)8-7-9/h11H,4-8H2,1-3H3. The lowest BCUT2D eigenvalue weighted by atomic mass is 9.84. The van der Waals surface area contributed by atoms with Gasteiger partial charge in [0.15, 0.2) is 0 Å². The van der Waals surface area contributed by atoms with Gasteiger partial charge in [-0.1, -0.05) is 20.3 Å². The fourth-order valence-corrected chi connectivity index (χ4v) is 1.81. The summed E-state index contributed by atoms with van der Waals surface area (Å²) in [5, 5.41) is 9.79. The van der Waals surface area contributed by atoms with Gasteiger partial charge in [0, 0.05) is 0 Å². The number of rotatable bonds is 0. The Kier molecular flexibility index (Phi) is 2.29. The zero-order valence-electron chi connectivity index (χ0n) is 7.98. The molecule has 0 saturated heterocycles. The average Bonchev–Trinajstić information content (AvgIpc) is 1.92. The molecule has 0 aliphatic heterocycles. The Hall–Kier alpha value is -0.0400. The van der Waals surface area contributed by atoms with Gasteiger partial charge in [-0.25, -0.2) is 0 Å². The second-order valence-corrected chi connectivity index (χ2v) is 5.01. The molecule has 1 nitrogen and oxygen atoms in total. The Morgan fingerprint density at radius 1 is 0.909 bits per heavy atom. The molecule has 1 heteroatoms. The highest BCUT2D eigenvalue weighted by atomic mass is 16.3. The van der Waals surface area contributed by atoms with Gasteiger partial charge >= 0.3 is 0 Å². The fraction of sp³-hybridized carbons (Fsp3) is 1.00. The summed E-state index contributed by atoms with van der Waals surface area (Å²) in [6, 6.07) is 0. The highest BCUT2D eigenvalue weighted by molar-refractivity contribution is 4.82. The van der Waals surface area contributed by atoms with E-state index in [1.807, 2.05) is 6.92 Å². The smallest absolute Gasteiger partial charge is 0.0620 e. The van der Waals surface area contributed by atoms with Gasteiger partial charge < -0.3 is 5.11 Å². The maximum absolute atomic E-state index is 9.79. The summed E-state index contributed by atoms with van der Waals surface area (Å²) in [6.07, 6.45) is 5.57. The monoisotopic (exact) mass is 156 g/mol. The zero-order chi connectivity index (χ0) is 8.54. The number of hydrogen-bond donors (Lipinski definition) is 1. The van der Waals surface area contributed by atoms with Crippen molar-refractivity contribution >= 4 is 0 Å². The van der Waals surface area contributed by atoms with Crippen molar-refractivity contribution in [2.24, 2.45) is 5.41 Å². The maximum atomic E-state index is 9.79. The first-order valence-corrected chi connectivity index (χ1v) is 4.64. The van der Waals surface area contributed by atoms with Crippen molar-refractivity contribution in [3.8, 4) is 0 Å². The van der Waals surface area contributed by atoms with E-state index in [4.69, 9.17) is 0 Å². The Morgan fingerprint density at radius 2 is 1.55 bits per heavy atom. The quantitative estimate of drug-likeness (QED) is 0.535. The highest BCUT2D eigenvalue weighted by Crippen LogP contribution is 2.37. The van der Waals surface area contributed by atoms with E-state index in [-0.39, 0.29) is 5.60 Å². The van der Waals surface area contributed by atoms with Crippen LogP contribution in [-0.2, 0) is 0 Å². The molecule has 0 bridgehead atoms. The van der Waals surface area contributed by atoms with Crippen LogP contribution in [0.4, 0.5) is 0 Å². The van der Waals surface area contributed by atoms with E-state index in [9.17, 15) is 5.11 Å². The lowest BCUT2D eigenvalue weighted by molar-refractivity contribution is 0.0415. The van der Waals surface area contributed by atoms with Gasteiger partial charge in [0.25, 0.3) is 0 Å². The molecule has 11 heavy (non-hydrogen) atoms. The van der Waals surface area contributed by atoms with Gasteiger partial charge in [0.05, 0.1) is 5.60 Å². The topological polar surface area (TPSA) is 20.2 Å². The van der Waals surface area contributed by atoms with E-state index in [0.717, 1.165) is 12.8 Å². The molecule has 0 heterocycles. The van der Waals surface area contributed by atoms with Gasteiger partial charge in [-0.15, -0.1) is 0 Å². The van der Waals surface area contributed by atoms with Gasteiger partial charge in [0.1, 0.15) is 0 Å². The number of aliphatic hydroxyl groups is 1. The largest absolute Gasteiger partial charge is 0.390 e. The van der Waals surface area contributed by atoms with Crippen LogP contribution in [0.1, 0.15) is 52.9 Å². The molecule has 1 fully saturated rings. The van der Waals surface area contributed by atoms with Crippen LogP contribution in [0.15, 0.2) is 0 Å². The second-order valence-electron chi connectivity index (χ2n) is 5.01. The van der Waals surface area contributed by atoms with Crippen LogP contribution >= 0.6 is 0 Å². The maximum Gasteiger partial charge on any atom is 0.0620 e. The molecule has 1 unspecified atom stereocenters. The molecule has 1 aliphatic carbocycles. The van der Waals surface area contributed by atoms with Crippen LogP contribution < -0.4 is 0 Å². The molecule has 1 saturated carbocycles. The van der Waals surface area contributed by atoms with Crippen molar-refractivity contribution in [2.45, 2.75) is 58.5 Å². The average molecular weight is 156 g/mol. The van der Waals surface area contributed by atoms with Crippen molar-refractivity contribution in [2.75, 3.05) is 0 Å². The molecule has 0 aromatic carbocycles. The predicted octanol–water partition coefficient (Wildman–Crippen LogP) is 2.73. The van der Waals surface area contributed by atoms with Crippen LogP contribution in [0.3, 0.4) is 0 Å². The lowest BCUT2D eigenvalue weighted by Gasteiger charge is -2.23. The zero-order valence-corrected chi connectivity index (χ0v) is 7.98. The third kappa shape index (κ3) is 2.82. The van der Waals surface area contributed by atoms with Crippen molar-refractivity contribution in [3.05, 3.63) is 0 Å². The van der Waals surface area contributed by atoms with E-state index in [2.05, 4.69) is 13.8 Å². The Bertz CT molecular complexity index is 120. The molecule has 66 valence electrons. The first-order valence-electron chi connectivity index (χ1n) is 4.64. The van der Waals surface area contributed by atoms with Gasteiger partial charge in [-0.05, 0) is 38.0 Å². The second kappa shape index (κ2) is 2.78. The summed E-state index contributed by atoms with van der Waals surface area (Å²) >= 11 is 0. The molecule has 0 amide bonds. The normalized spacial score (nSPS) is 38.2. The first-order chi connectivity index (χ1) is 4.91. The van der Waals surface area contributed by atoms with Crippen LogP contribution in [0.25, 0.3) is 0 Å². The Balaban J connectivity index is 2.53. The summed E-state index contributed by atoms with van der Waals surface area (Å²) < 4.78 is 0. The SMILES string of the molecule is CC1(C)CCCC(C)(O)CC1. The Labute approximate surface area is 69.8 Å². The molecule has 0 aromatic heterocycles. The van der Waals surface area contributed by atoms with Crippen molar-refractivity contribution < 1.29 is 5.11 Å². The van der Waals surface area contributed by atoms with Crippen LogP contribution in [-0.4, -0.2) is 10.7 Å². The fourth-order valence-electron chi connectivity index (χ4n) is 1.81. The van der Waals surface area contributed by atoms with Gasteiger partial charge in [-0.3, -0.25) is 0 Å². The Morgan fingerprint density at radius 3 is 2.18 bits per heavy atom. The predicted molar refractivity (Wildman–Crippen MR) is 47.5 cm³/mol. The van der Waals surface area contributed by atoms with E-state index >= 15 is 0 Å². The molecular weight excluding hydrogens is 136 g/mol. The molecule has 0 aromatic rings. The van der Waals surface area contributed by atoms with E-state index in [0.29, 0.717) is 5.41 Å². The minimum Gasteiger partial charge on any atom is -0.390 e. The molecule has 1 aliphatic rings. The third-order valence-electron chi connectivity index (χ3n) is 2.91. The summed E-state index contributed by atoms with van der Waals surface area (Å²) in [5.41, 5.74) is 0.0776. The third-order valence-corrected chi connectivity index (χ3v) is 2.91. The highest BCUT2D eigenvalue weighted by Gasteiger charge is 2.29. The summed E-state index contributed by atoms with van der Waals surface area (Å²) in [6.45, 7) is 6.57. The van der Waals surface area contributed by atoms with E-state index in [1.165, 1.54) is 19.3 Å². The summed E-state index contributed by atoms with van der Waals surface area (Å²) in [5.74, 6) is 0. The molecule has 1 atom stereocenters. The number of hydrogen-bond acceptors (Lipinski definition) is 1. The van der Waals surface area contributed by atoms with Crippen molar-refractivity contribution in [1.29, 1.82) is 0 Å². The van der Waals surface area contributed by atoms with Crippen molar-refractivity contribution in [3.63, 3.8) is 0 Å². The first kappa shape index (κ1) is 9.05. The molecule has 0 spiro atoms. The molecule has 0 radical (unpaired) electrons. The summed E-state index contributed by atoms with van der Waals surface area (Å²) in [4.78, 5) is 0. The van der Waals surface area contributed by atoms with E-state index < -0.39 is 0 Å². The minimum absolute atomic E-state index is 0.381. The molecule has 1 N–H and O–H groups in total. The van der Waals surface area contributed by atoms with Crippen LogP contribution in [0.5, 0.6) is 0 Å².